The van der Waals surface area contributed by atoms with Crippen molar-refractivity contribution in [3.63, 3.8) is 0 Å². The van der Waals surface area contributed by atoms with E-state index in [1.807, 2.05) is 31.2 Å². The molecular weight excluding hydrogens is 405 g/mol. The van der Waals surface area contributed by atoms with Gasteiger partial charge in [0.25, 0.3) is 0 Å². The Bertz CT molecular complexity index is 1060. The number of ether oxygens (including phenoxy) is 1. The van der Waals surface area contributed by atoms with Crippen molar-refractivity contribution in [2.75, 3.05) is 19.0 Å². The maximum atomic E-state index is 13.4. The quantitative estimate of drug-likeness (QED) is 0.501. The smallest absolute Gasteiger partial charge is 0.322 e. The van der Waals surface area contributed by atoms with Crippen LogP contribution in [0.15, 0.2) is 48.7 Å². The molecule has 0 unspecified atom stereocenters. The van der Waals surface area contributed by atoms with E-state index in [2.05, 4.69) is 24.1 Å². The van der Waals surface area contributed by atoms with Crippen LogP contribution >= 0.6 is 11.6 Å². The molecule has 1 N–H and O–H groups in total. The average molecular weight is 430 g/mol. The molecule has 1 atom stereocenters. The summed E-state index contributed by atoms with van der Waals surface area (Å²) in [4.78, 5) is 19.4. The zero-order valence-electron chi connectivity index (χ0n) is 17.4. The lowest BCUT2D eigenvalue weighted by atomic mass is 9.92. The zero-order chi connectivity index (χ0) is 21.8. The first kappa shape index (κ1) is 21.8. The van der Waals surface area contributed by atoms with Crippen molar-refractivity contribution in [2.45, 2.75) is 26.8 Å². The Hall–Kier alpha value is -2.86. The summed E-state index contributed by atoms with van der Waals surface area (Å²) in [7, 11) is 1.59. The van der Waals surface area contributed by atoms with Gasteiger partial charge in [0.05, 0.1) is 23.9 Å². The van der Waals surface area contributed by atoms with Gasteiger partial charge in [0.15, 0.2) is 0 Å². The van der Waals surface area contributed by atoms with Crippen LogP contribution in [0.3, 0.4) is 0 Å². The number of methoxy groups -OCH3 is 1. The normalized spacial score (nSPS) is 12.1. The molecule has 2 amide bonds. The number of carbonyl (C=O) groups is 1. The fourth-order valence-corrected chi connectivity index (χ4v) is 3.93. The number of nitrogens with zero attached hydrogens (tertiary/aromatic N) is 2. The topological polar surface area (TPSA) is 54.5 Å². The van der Waals surface area contributed by atoms with E-state index in [-0.39, 0.29) is 23.0 Å². The molecule has 1 heterocycles. The Morgan fingerprint density at radius 3 is 2.53 bits per heavy atom. The molecule has 0 aliphatic carbocycles. The highest BCUT2D eigenvalue weighted by Crippen LogP contribution is 2.36. The van der Waals surface area contributed by atoms with Crippen LogP contribution in [0.4, 0.5) is 14.9 Å². The highest BCUT2D eigenvalue weighted by Gasteiger charge is 2.29. The minimum absolute atomic E-state index is 0.109. The second-order valence-corrected chi connectivity index (χ2v) is 7.70. The number of carbonyl (C=O) groups excluding carboxylic acids is 1. The standard InChI is InChI=1S/C23H25ClFN3O2/c1-5-28(23(29)27-20-11-10-15(25)12-19(20)24)21(14(2)3)18-13-26-22(30-4)17-9-7-6-8-16(17)18/h6-14,21H,5H2,1-4H3,(H,27,29)/t21-/m1/s1. The Labute approximate surface area is 180 Å². The van der Waals surface area contributed by atoms with Gasteiger partial charge in [-0.3, -0.25) is 0 Å². The van der Waals surface area contributed by atoms with Crippen molar-refractivity contribution in [3.05, 3.63) is 65.1 Å². The van der Waals surface area contributed by atoms with Crippen LogP contribution in [0.1, 0.15) is 32.4 Å². The van der Waals surface area contributed by atoms with Gasteiger partial charge in [0, 0.05) is 23.7 Å². The third-order valence-corrected chi connectivity index (χ3v) is 5.36. The van der Waals surface area contributed by atoms with E-state index >= 15 is 0 Å². The third-order valence-electron chi connectivity index (χ3n) is 5.04. The summed E-state index contributed by atoms with van der Waals surface area (Å²) in [5, 5.41) is 4.83. The molecular formula is C23H25ClFN3O2. The molecule has 158 valence electrons. The van der Waals surface area contributed by atoms with Gasteiger partial charge in [0.2, 0.25) is 5.88 Å². The molecule has 30 heavy (non-hydrogen) atoms. The number of nitrogens with one attached hydrogen (secondary N) is 1. The summed E-state index contributed by atoms with van der Waals surface area (Å²) in [5.41, 5.74) is 1.30. The van der Waals surface area contributed by atoms with Gasteiger partial charge in [0.1, 0.15) is 5.82 Å². The van der Waals surface area contributed by atoms with Crippen molar-refractivity contribution in [1.29, 1.82) is 0 Å². The van der Waals surface area contributed by atoms with Gasteiger partial charge in [-0.05, 0) is 42.5 Å². The van der Waals surface area contributed by atoms with E-state index in [1.54, 1.807) is 18.2 Å². The predicted molar refractivity (Wildman–Crippen MR) is 119 cm³/mol. The first-order valence-corrected chi connectivity index (χ1v) is 10.2. The number of halogens is 2. The molecule has 3 aromatic rings. The first-order chi connectivity index (χ1) is 14.4. The van der Waals surface area contributed by atoms with Gasteiger partial charge in [-0.15, -0.1) is 0 Å². The lowest BCUT2D eigenvalue weighted by Crippen LogP contribution is -2.40. The SMILES string of the molecule is CCN(C(=O)Nc1ccc(F)cc1Cl)[C@@H](c1cnc(OC)c2ccccc12)C(C)C. The van der Waals surface area contributed by atoms with Gasteiger partial charge < -0.3 is 15.0 Å². The molecule has 0 fully saturated rings. The van der Waals surface area contributed by atoms with E-state index < -0.39 is 5.82 Å². The lowest BCUT2D eigenvalue weighted by molar-refractivity contribution is 0.172. The van der Waals surface area contributed by atoms with Crippen molar-refractivity contribution >= 4 is 34.1 Å². The van der Waals surface area contributed by atoms with Crippen LogP contribution in [-0.2, 0) is 0 Å². The number of hydrogen-bond acceptors (Lipinski definition) is 3. The molecule has 7 heteroatoms. The van der Waals surface area contributed by atoms with E-state index in [4.69, 9.17) is 16.3 Å². The number of fused-ring (bicyclic) bond motifs is 1. The molecule has 0 saturated carbocycles. The minimum Gasteiger partial charge on any atom is -0.481 e. The number of rotatable bonds is 6. The van der Waals surface area contributed by atoms with E-state index in [9.17, 15) is 9.18 Å². The second-order valence-electron chi connectivity index (χ2n) is 7.30. The first-order valence-electron chi connectivity index (χ1n) is 9.81. The van der Waals surface area contributed by atoms with Crippen LogP contribution in [0.5, 0.6) is 5.88 Å². The maximum absolute atomic E-state index is 13.4. The van der Waals surface area contributed by atoms with Gasteiger partial charge in [-0.25, -0.2) is 14.2 Å². The molecule has 0 bridgehead atoms. The molecule has 0 aliphatic rings. The van der Waals surface area contributed by atoms with Gasteiger partial charge in [-0.2, -0.15) is 0 Å². The number of anilines is 1. The van der Waals surface area contributed by atoms with Crippen LogP contribution in [0.2, 0.25) is 5.02 Å². The summed E-state index contributed by atoms with van der Waals surface area (Å²) >= 11 is 6.09. The van der Waals surface area contributed by atoms with Crippen molar-refractivity contribution in [2.24, 2.45) is 5.92 Å². The molecule has 0 spiro atoms. The highest BCUT2D eigenvalue weighted by molar-refractivity contribution is 6.33. The molecule has 2 aromatic carbocycles. The molecule has 0 saturated heterocycles. The molecule has 3 rings (SSSR count). The number of aromatic nitrogens is 1. The summed E-state index contributed by atoms with van der Waals surface area (Å²) in [6, 6.07) is 11.2. The minimum atomic E-state index is -0.457. The fraction of sp³-hybridized carbons (Fsp3) is 0.304. The second kappa shape index (κ2) is 9.30. The number of amides is 2. The van der Waals surface area contributed by atoms with E-state index in [0.717, 1.165) is 16.3 Å². The van der Waals surface area contributed by atoms with E-state index in [1.165, 1.54) is 18.2 Å². The number of pyridine rings is 1. The average Bonchev–Trinajstić information content (AvgIpc) is 2.73. The number of urea groups is 1. The van der Waals surface area contributed by atoms with E-state index in [0.29, 0.717) is 18.1 Å². The maximum Gasteiger partial charge on any atom is 0.322 e. The van der Waals surface area contributed by atoms with Crippen LogP contribution in [0, 0.1) is 11.7 Å². The zero-order valence-corrected chi connectivity index (χ0v) is 18.2. The van der Waals surface area contributed by atoms with Crippen molar-refractivity contribution in [1.82, 2.24) is 9.88 Å². The fourth-order valence-electron chi connectivity index (χ4n) is 3.72. The molecule has 0 radical (unpaired) electrons. The Balaban J connectivity index is 2.02. The third kappa shape index (κ3) is 4.33. The lowest BCUT2D eigenvalue weighted by Gasteiger charge is -2.34. The van der Waals surface area contributed by atoms with Crippen molar-refractivity contribution < 1.29 is 13.9 Å². The van der Waals surface area contributed by atoms with Crippen molar-refractivity contribution in [3.8, 4) is 5.88 Å². The van der Waals surface area contributed by atoms with Gasteiger partial charge >= 0.3 is 6.03 Å². The Morgan fingerprint density at radius 1 is 1.23 bits per heavy atom. The molecule has 1 aromatic heterocycles. The largest absolute Gasteiger partial charge is 0.481 e. The monoisotopic (exact) mass is 429 g/mol. The number of benzene rings is 2. The summed E-state index contributed by atoms with van der Waals surface area (Å²) in [6.07, 6.45) is 1.77. The van der Waals surface area contributed by atoms with Gasteiger partial charge in [-0.1, -0.05) is 43.6 Å². The van der Waals surface area contributed by atoms with Crippen LogP contribution in [0.25, 0.3) is 10.8 Å². The highest BCUT2D eigenvalue weighted by atomic mass is 35.5. The Kier molecular flexibility index (Phi) is 6.77. The van der Waals surface area contributed by atoms with Crippen LogP contribution < -0.4 is 10.1 Å². The summed E-state index contributed by atoms with van der Waals surface area (Å²) in [5.74, 6) is 0.196. The molecule has 0 aliphatic heterocycles. The Morgan fingerprint density at radius 2 is 1.93 bits per heavy atom. The summed E-state index contributed by atoms with van der Waals surface area (Å²) < 4.78 is 18.8. The molecule has 5 nitrogen and oxygen atoms in total. The van der Waals surface area contributed by atoms with Crippen LogP contribution in [-0.4, -0.2) is 29.6 Å². The predicted octanol–water partition coefficient (Wildman–Crippen LogP) is 6.29. The number of hydrogen-bond donors (Lipinski definition) is 1. The summed E-state index contributed by atoms with van der Waals surface area (Å²) in [6.45, 7) is 6.50.